The molecule has 1 saturated heterocycles. The van der Waals surface area contributed by atoms with Crippen molar-refractivity contribution >= 4 is 39.8 Å². The monoisotopic (exact) mass is 493 g/mol. The first-order valence-corrected chi connectivity index (χ1v) is 12.3. The zero-order valence-electron chi connectivity index (χ0n) is 19.3. The first-order valence-electron chi connectivity index (χ1n) is 11.4. The first-order chi connectivity index (χ1) is 16.2. The highest BCUT2D eigenvalue weighted by Crippen LogP contribution is 2.49. The predicted molar refractivity (Wildman–Crippen MR) is 127 cm³/mol. The van der Waals surface area contributed by atoms with E-state index in [1.54, 1.807) is 11.3 Å². The van der Waals surface area contributed by atoms with Gasteiger partial charge in [0.2, 0.25) is 5.91 Å². The van der Waals surface area contributed by atoms with Crippen molar-refractivity contribution < 1.29 is 18.4 Å². The second-order valence-corrected chi connectivity index (χ2v) is 10.2. The topological polar surface area (TPSA) is 88.7 Å². The Morgan fingerprint density at radius 2 is 2.12 bits per heavy atom. The Bertz CT molecular complexity index is 1250. The number of fused-ring (bicyclic) bond motifs is 3. The Balaban J connectivity index is 0.00000133. The van der Waals surface area contributed by atoms with Gasteiger partial charge in [0.15, 0.2) is 0 Å². The number of rotatable bonds is 6. The van der Waals surface area contributed by atoms with Gasteiger partial charge in [-0.3, -0.25) is 14.0 Å². The van der Waals surface area contributed by atoms with Gasteiger partial charge in [0.05, 0.1) is 0 Å². The van der Waals surface area contributed by atoms with E-state index in [1.165, 1.54) is 4.68 Å². The molecule has 11 heteroatoms. The summed E-state index contributed by atoms with van der Waals surface area (Å²) in [6.45, 7) is 7.57. The fourth-order valence-corrected chi connectivity index (χ4v) is 5.57. The lowest BCUT2D eigenvalue weighted by Gasteiger charge is -2.33. The van der Waals surface area contributed by atoms with Gasteiger partial charge in [0.25, 0.3) is 11.5 Å². The van der Waals surface area contributed by atoms with E-state index in [0.29, 0.717) is 18.6 Å². The van der Waals surface area contributed by atoms with Crippen LogP contribution in [0.2, 0.25) is 0 Å². The quantitative estimate of drug-likeness (QED) is 0.571. The molecule has 0 radical (unpaired) electrons. The number of nitrogens with one attached hydrogen (secondary N) is 1. The summed E-state index contributed by atoms with van der Waals surface area (Å²) in [5.41, 5.74) is 0.224. The van der Waals surface area contributed by atoms with E-state index in [2.05, 4.69) is 10.4 Å². The van der Waals surface area contributed by atoms with Gasteiger partial charge in [-0.15, -0.1) is 11.3 Å². The summed E-state index contributed by atoms with van der Waals surface area (Å²) >= 11 is 1.56. The van der Waals surface area contributed by atoms with E-state index in [9.17, 15) is 18.4 Å². The average molecular weight is 494 g/mol. The Hall–Kier alpha value is -2.66. The summed E-state index contributed by atoms with van der Waals surface area (Å²) in [6.07, 6.45) is 1.62. The highest BCUT2D eigenvalue weighted by molar-refractivity contribution is 7.16. The molecular weight excluding hydrogens is 464 g/mol. The van der Waals surface area contributed by atoms with Crippen LogP contribution in [0.1, 0.15) is 44.9 Å². The van der Waals surface area contributed by atoms with Crippen LogP contribution in [0.5, 0.6) is 0 Å². The van der Waals surface area contributed by atoms with E-state index >= 15 is 0 Å². The highest BCUT2D eigenvalue weighted by atomic mass is 32.1. The van der Waals surface area contributed by atoms with Crippen molar-refractivity contribution in [3.8, 4) is 0 Å². The number of thiophene rings is 1. The number of amides is 1. The number of likely N-dealkylation sites (tertiary alicyclic amines) is 1. The van der Waals surface area contributed by atoms with Crippen LogP contribution in [-0.4, -0.2) is 63.4 Å². The number of hydrogen-bond acceptors (Lipinski definition) is 6. The summed E-state index contributed by atoms with van der Waals surface area (Å²) in [6, 6.07) is 3.72. The molecule has 8 nitrogen and oxygen atoms in total. The smallest absolute Gasteiger partial charge is 0.291 e. The van der Waals surface area contributed by atoms with Gasteiger partial charge in [0, 0.05) is 42.8 Å². The molecule has 1 unspecified atom stereocenters. The number of halogens is 2. The molecule has 184 valence electrons. The SMILES string of the molecule is C=O.CC(C)c1nn(CC(=O)N[C@@H]2CCCN(CC3CC3(F)F)C2)c(=O)c2cc3ccsc3n12. The van der Waals surface area contributed by atoms with Crippen LogP contribution in [0.4, 0.5) is 8.78 Å². The normalized spacial score (nSPS) is 22.0. The molecule has 2 fully saturated rings. The molecule has 0 aromatic carbocycles. The minimum Gasteiger partial charge on any atom is -0.350 e. The number of aromatic nitrogens is 3. The largest absolute Gasteiger partial charge is 0.350 e. The maximum absolute atomic E-state index is 13.2. The number of carbonyl (C=O) groups is 2. The number of alkyl halides is 2. The van der Waals surface area contributed by atoms with E-state index in [1.807, 2.05) is 47.4 Å². The molecular formula is C23H29F2N5O3S. The summed E-state index contributed by atoms with van der Waals surface area (Å²) < 4.78 is 29.6. The van der Waals surface area contributed by atoms with Gasteiger partial charge in [-0.1, -0.05) is 13.8 Å². The van der Waals surface area contributed by atoms with E-state index < -0.39 is 11.8 Å². The van der Waals surface area contributed by atoms with Crippen molar-refractivity contribution in [1.82, 2.24) is 24.4 Å². The minimum absolute atomic E-state index is 0.0345. The lowest BCUT2D eigenvalue weighted by Crippen LogP contribution is -2.49. The van der Waals surface area contributed by atoms with Crippen LogP contribution in [-0.2, 0) is 16.1 Å². The lowest BCUT2D eigenvalue weighted by atomic mass is 10.1. The van der Waals surface area contributed by atoms with Crippen LogP contribution < -0.4 is 10.9 Å². The number of carbonyl (C=O) groups excluding carboxylic acids is 2. The van der Waals surface area contributed by atoms with Gasteiger partial charge in [-0.2, -0.15) is 5.10 Å². The van der Waals surface area contributed by atoms with Gasteiger partial charge < -0.3 is 15.0 Å². The second-order valence-electron chi connectivity index (χ2n) is 9.35. The first kappa shape index (κ1) is 24.5. The fourth-order valence-electron chi connectivity index (χ4n) is 4.66. The minimum atomic E-state index is -2.52. The van der Waals surface area contributed by atoms with Gasteiger partial charge >= 0.3 is 0 Å². The fraction of sp³-hybridized carbons (Fsp3) is 0.565. The van der Waals surface area contributed by atoms with Crippen molar-refractivity contribution in [2.45, 2.75) is 57.5 Å². The number of piperidine rings is 1. The molecule has 2 atom stereocenters. The molecule has 1 aliphatic heterocycles. The third kappa shape index (κ3) is 4.76. The third-order valence-electron chi connectivity index (χ3n) is 6.43. The van der Waals surface area contributed by atoms with Crippen molar-refractivity contribution in [2.24, 2.45) is 5.92 Å². The highest BCUT2D eigenvalue weighted by Gasteiger charge is 2.57. The summed E-state index contributed by atoms with van der Waals surface area (Å²) in [5, 5.41) is 10.5. The zero-order valence-corrected chi connectivity index (χ0v) is 20.1. The Morgan fingerprint density at radius 3 is 2.79 bits per heavy atom. The predicted octanol–water partition coefficient (Wildman–Crippen LogP) is 2.89. The molecule has 1 amide bonds. The zero-order chi connectivity index (χ0) is 24.6. The van der Waals surface area contributed by atoms with Crippen molar-refractivity contribution in [2.75, 3.05) is 19.6 Å². The molecule has 0 spiro atoms. The van der Waals surface area contributed by atoms with Gasteiger partial charge in [-0.05, 0) is 36.9 Å². The molecule has 34 heavy (non-hydrogen) atoms. The molecule has 2 aliphatic rings. The van der Waals surface area contributed by atoms with Crippen molar-refractivity contribution in [1.29, 1.82) is 0 Å². The summed E-state index contributed by atoms with van der Waals surface area (Å²) in [4.78, 5) is 36.8. The molecule has 3 aromatic heterocycles. The van der Waals surface area contributed by atoms with Crippen LogP contribution in [0.3, 0.4) is 0 Å². The second kappa shape index (κ2) is 9.53. The molecule has 1 N–H and O–H groups in total. The molecule has 5 rings (SSSR count). The van der Waals surface area contributed by atoms with Crippen molar-refractivity contribution in [3.63, 3.8) is 0 Å². The van der Waals surface area contributed by atoms with Crippen LogP contribution in [0.25, 0.3) is 15.7 Å². The van der Waals surface area contributed by atoms with Gasteiger partial charge in [-0.25, -0.2) is 13.5 Å². The summed E-state index contributed by atoms with van der Waals surface area (Å²) in [7, 11) is 0. The van der Waals surface area contributed by atoms with Crippen LogP contribution >= 0.6 is 11.3 Å². The Morgan fingerprint density at radius 1 is 1.38 bits per heavy atom. The molecule has 0 bridgehead atoms. The molecule has 3 aromatic rings. The number of hydrogen-bond donors (Lipinski definition) is 1. The number of nitrogens with zero attached hydrogens (tertiary/aromatic N) is 4. The standard InChI is InChI=1S/C22H27F2N5O2S.CH2O/c1-13(2)19-26-28(20(31)17-8-14-5-7-32-21(14)29(17)19)12-18(30)25-16-4-3-6-27(11-16)10-15-9-22(15,23)24;1-2/h5,7-8,13,15-16H,3-4,6,9-12H2,1-2H3,(H,25,30);1H2/t15?,16-;/m1./s1. The van der Waals surface area contributed by atoms with Crippen LogP contribution in [0, 0.1) is 5.92 Å². The van der Waals surface area contributed by atoms with Gasteiger partial charge in [0.1, 0.15) is 29.5 Å². The average Bonchev–Trinajstić information content (AvgIpc) is 3.11. The van der Waals surface area contributed by atoms with Crippen LogP contribution in [0.15, 0.2) is 22.3 Å². The van der Waals surface area contributed by atoms with E-state index in [-0.39, 0.29) is 36.4 Å². The third-order valence-corrected chi connectivity index (χ3v) is 7.34. The maximum atomic E-state index is 13.2. The molecule has 1 aliphatic carbocycles. The van der Waals surface area contributed by atoms with E-state index in [0.717, 1.165) is 35.4 Å². The lowest BCUT2D eigenvalue weighted by molar-refractivity contribution is -0.123. The van der Waals surface area contributed by atoms with E-state index in [4.69, 9.17) is 4.79 Å². The van der Waals surface area contributed by atoms with Crippen molar-refractivity contribution in [3.05, 3.63) is 33.7 Å². The Kier molecular flexibility index (Phi) is 6.86. The molecule has 4 heterocycles. The maximum Gasteiger partial charge on any atom is 0.291 e. The molecule has 1 saturated carbocycles. The summed E-state index contributed by atoms with van der Waals surface area (Å²) in [5.74, 6) is -2.56. The Labute approximate surface area is 199 Å².